The van der Waals surface area contributed by atoms with E-state index in [0.29, 0.717) is 0 Å². The minimum Gasteiger partial charge on any atom is -0.342 e. The van der Waals surface area contributed by atoms with Crippen LogP contribution in [0.5, 0.6) is 0 Å². The van der Waals surface area contributed by atoms with Gasteiger partial charge in [-0.25, -0.2) is 0 Å². The van der Waals surface area contributed by atoms with Crippen LogP contribution < -0.4 is 0 Å². The van der Waals surface area contributed by atoms with E-state index in [-0.39, 0.29) is 0 Å². The van der Waals surface area contributed by atoms with Crippen molar-refractivity contribution in [2.45, 2.75) is 249 Å². The smallest absolute Gasteiger partial charge is 0.0978 e. The first kappa shape index (κ1) is 107. The summed E-state index contributed by atoms with van der Waals surface area (Å²) in [7, 11) is 12.5. The molecule has 0 fully saturated rings. The summed E-state index contributed by atoms with van der Waals surface area (Å²) in [5, 5.41) is 9.55. The van der Waals surface area contributed by atoms with Gasteiger partial charge in [0.15, 0.2) is 0 Å². The number of pyridine rings is 12. The highest BCUT2D eigenvalue weighted by Crippen LogP contribution is 2.36. The molecule has 18 rings (SSSR count). The van der Waals surface area contributed by atoms with Gasteiger partial charge in [0.1, 0.15) is 0 Å². The van der Waals surface area contributed by atoms with E-state index in [1.165, 1.54) is 143 Å². The lowest BCUT2D eigenvalue weighted by atomic mass is 10.2. The van der Waals surface area contributed by atoms with Crippen LogP contribution in [0.1, 0.15) is 233 Å². The van der Waals surface area contributed by atoms with Crippen molar-refractivity contribution < 1.29 is 0 Å². The Morgan fingerprint density at radius 3 is 0.558 bits per heavy atom. The molecule has 0 N–H and O–H groups in total. The van der Waals surface area contributed by atoms with Gasteiger partial charge in [0.25, 0.3) is 0 Å². The molecule has 0 bridgehead atoms. The molecular weight excluding hydrogens is 1480 g/mol. The molecule has 18 aromatic heterocycles. The highest BCUT2D eigenvalue weighted by atomic mass is 15.0. The van der Waals surface area contributed by atoms with E-state index in [0.717, 1.165) is 55.6 Å². The number of hydrogen-bond donors (Lipinski definition) is 0. The molecule has 0 amide bonds. The number of aryl methyl sites for hydroxylation is 18. The Hall–Kier alpha value is -11.4. The van der Waals surface area contributed by atoms with Gasteiger partial charge in [-0.2, -0.15) is 0 Å². The molecule has 18 aromatic rings. The van der Waals surface area contributed by atoms with Crippen LogP contribution in [0.2, 0.25) is 0 Å². The number of fused-ring (bicyclic) bond motifs is 18. The lowest BCUT2D eigenvalue weighted by molar-refractivity contribution is 0.989. The van der Waals surface area contributed by atoms with Gasteiger partial charge < -0.3 is 27.4 Å². The van der Waals surface area contributed by atoms with Crippen LogP contribution in [0.25, 0.3) is 131 Å². The van der Waals surface area contributed by atoms with Gasteiger partial charge in [0, 0.05) is 185 Å². The van der Waals surface area contributed by atoms with Gasteiger partial charge in [-0.3, -0.25) is 59.8 Å². The average molecular weight is 1630 g/mol. The molecule has 0 spiro atoms. The maximum Gasteiger partial charge on any atom is 0.0978 e. The van der Waals surface area contributed by atoms with Crippen molar-refractivity contribution in [3.05, 3.63) is 215 Å². The highest BCUT2D eigenvalue weighted by molar-refractivity contribution is 6.12. The fourth-order valence-corrected chi connectivity index (χ4v) is 14.9. The second-order valence-electron chi connectivity index (χ2n) is 25.2. The normalized spacial score (nSPS) is 9.75. The topological polar surface area (TPSA) is 184 Å². The van der Waals surface area contributed by atoms with E-state index in [4.69, 9.17) is 0 Å². The van der Waals surface area contributed by atoms with E-state index < -0.39 is 0 Å². The van der Waals surface area contributed by atoms with Gasteiger partial charge in [-0.05, 0) is 176 Å². The van der Waals surface area contributed by atoms with E-state index in [9.17, 15) is 0 Å². The van der Waals surface area contributed by atoms with E-state index >= 15 is 0 Å². The molecule has 0 aliphatic heterocycles. The Morgan fingerprint density at radius 1 is 0.158 bits per heavy atom. The Balaban J connectivity index is 0.000000684. The van der Waals surface area contributed by atoms with Crippen molar-refractivity contribution in [1.29, 1.82) is 0 Å². The molecule has 0 aliphatic rings. The Kier molecular flexibility index (Phi) is 47.9. The van der Waals surface area contributed by atoms with Crippen LogP contribution in [-0.4, -0.2) is 87.2 Å². The van der Waals surface area contributed by atoms with Gasteiger partial charge >= 0.3 is 0 Å². The Labute approximate surface area is 720 Å². The van der Waals surface area contributed by atoms with Crippen LogP contribution >= 0.6 is 0 Å². The molecule has 0 unspecified atom stereocenters. The summed E-state index contributed by atoms with van der Waals surface area (Å²) in [4.78, 5) is 52.4. The molecule has 0 saturated carbocycles. The highest BCUT2D eigenvalue weighted by Gasteiger charge is 2.19. The standard InChI is InChI=1S/6C13H13N3.12C2H6/c2*1-8-4-6-15-11-10-5-7-14-9(2)13(10)16(3)12(8)11;2*1-8-6-14-7-11-10-4-5-15-9(2)13(10)16(3)12(8)11;2*1-8-4-5-15-11-10-7-14-6-9(2)12(10)16(3)13(8)11;12*1-2/h6*4-7H,1-3H3;12*1-2H3. The van der Waals surface area contributed by atoms with Crippen molar-refractivity contribution in [2.24, 2.45) is 42.3 Å². The maximum absolute atomic E-state index is 4.48. The molecule has 648 valence electrons. The molecule has 0 radical (unpaired) electrons. The third-order valence-corrected chi connectivity index (χ3v) is 19.0. The van der Waals surface area contributed by atoms with Gasteiger partial charge in [-0.15, -0.1) is 0 Å². The molecular formula is C102H150N18. The van der Waals surface area contributed by atoms with Crippen LogP contribution in [-0.2, 0) is 42.3 Å². The van der Waals surface area contributed by atoms with Crippen LogP contribution in [0.4, 0.5) is 0 Å². The molecule has 0 aliphatic carbocycles. The Morgan fingerprint density at radius 2 is 0.325 bits per heavy atom. The fraction of sp³-hybridized carbons (Fsp3) is 0.412. The van der Waals surface area contributed by atoms with E-state index in [2.05, 4.69) is 197 Å². The summed E-state index contributed by atoms with van der Waals surface area (Å²) in [5.41, 5.74) is 32.8. The second-order valence-corrected chi connectivity index (χ2v) is 25.2. The van der Waals surface area contributed by atoms with Crippen LogP contribution in [0, 0.1) is 83.1 Å². The monoisotopic (exact) mass is 1630 g/mol. The third kappa shape index (κ3) is 22.7. The largest absolute Gasteiger partial charge is 0.342 e. The number of aromatic nitrogens is 18. The summed E-state index contributed by atoms with van der Waals surface area (Å²) in [6, 6.07) is 16.4. The summed E-state index contributed by atoms with van der Waals surface area (Å²) in [6.45, 7) is 73.0. The second kappa shape index (κ2) is 53.9. The lowest BCUT2D eigenvalue weighted by Crippen LogP contribution is -1.92. The van der Waals surface area contributed by atoms with Crippen molar-refractivity contribution in [3.63, 3.8) is 0 Å². The predicted molar refractivity (Wildman–Crippen MR) is 529 cm³/mol. The quantitative estimate of drug-likeness (QED) is 0.140. The van der Waals surface area contributed by atoms with Gasteiger partial charge in [-0.1, -0.05) is 166 Å². The van der Waals surface area contributed by atoms with Gasteiger partial charge in [0.05, 0.1) is 111 Å². The average Bonchev–Trinajstić information content (AvgIpc) is 1.65. The number of nitrogens with zero attached hydrogens (tertiary/aromatic N) is 18. The van der Waals surface area contributed by atoms with Gasteiger partial charge in [0.2, 0.25) is 0 Å². The molecule has 0 saturated heterocycles. The first-order chi connectivity index (χ1) is 58.2. The molecule has 120 heavy (non-hydrogen) atoms. The zero-order chi connectivity index (χ0) is 91.7. The number of rotatable bonds is 0. The Bertz CT molecular complexity index is 4780. The van der Waals surface area contributed by atoms with Crippen molar-refractivity contribution in [3.8, 4) is 0 Å². The summed E-state index contributed by atoms with van der Waals surface area (Å²) >= 11 is 0. The fourth-order valence-electron chi connectivity index (χ4n) is 14.9. The molecule has 18 nitrogen and oxygen atoms in total. The van der Waals surface area contributed by atoms with Crippen molar-refractivity contribution in [2.75, 3.05) is 0 Å². The first-order valence-electron chi connectivity index (χ1n) is 44.1. The lowest BCUT2D eigenvalue weighted by Gasteiger charge is -2.01. The maximum atomic E-state index is 4.48. The molecule has 18 heteroatoms. The zero-order valence-corrected chi connectivity index (χ0v) is 81.9. The van der Waals surface area contributed by atoms with Crippen LogP contribution in [0.3, 0.4) is 0 Å². The zero-order valence-electron chi connectivity index (χ0n) is 81.9. The SMILES string of the molecule is CC.CC.CC.CC.CC.CC.CC.CC.CC.CC.CC.CC.Cc1cncc2c3ccnc(C)c3n(C)c12.Cc1cncc2c3ccnc(C)c3n(C)c12.Cc1cncc2c3nccc(C)c3n(C)c12.Cc1cncc2c3nccc(C)c3n(C)c12.Cc1nccc2c3nccc(C)c3n(C)c12.Cc1nccc2c3nccc(C)c3n(C)c12. The minimum atomic E-state index is 1.05. The van der Waals surface area contributed by atoms with Crippen LogP contribution in [0.15, 0.2) is 148 Å². The summed E-state index contributed by atoms with van der Waals surface area (Å²) in [6.07, 6.45) is 30.2. The van der Waals surface area contributed by atoms with E-state index in [1.807, 2.05) is 329 Å². The summed E-state index contributed by atoms with van der Waals surface area (Å²) < 4.78 is 13.2. The summed E-state index contributed by atoms with van der Waals surface area (Å²) in [5.74, 6) is 0. The molecule has 0 atom stereocenters. The molecule has 0 aromatic carbocycles. The first-order valence-corrected chi connectivity index (χ1v) is 44.1. The predicted octanol–water partition coefficient (Wildman–Crippen LogP) is 28.7. The number of hydrogen-bond acceptors (Lipinski definition) is 12. The van der Waals surface area contributed by atoms with Crippen molar-refractivity contribution >= 4 is 131 Å². The minimum absolute atomic E-state index is 1.05. The van der Waals surface area contributed by atoms with E-state index in [1.54, 1.807) is 0 Å². The van der Waals surface area contributed by atoms with Crippen molar-refractivity contribution in [1.82, 2.24) is 87.2 Å². The molecule has 18 heterocycles. The third-order valence-electron chi connectivity index (χ3n) is 19.0.